The number of rotatable bonds is 8. The number of nitrogens with one attached hydrogen (secondary N) is 2. The Hall–Kier alpha value is -2.48. The molecular formula is C17H21N3O4S. The Morgan fingerprint density at radius 3 is 2.48 bits per heavy atom. The highest BCUT2D eigenvalue weighted by molar-refractivity contribution is 7.98. The van der Waals surface area contributed by atoms with E-state index in [9.17, 15) is 14.4 Å². The van der Waals surface area contributed by atoms with Gasteiger partial charge in [-0.05, 0) is 30.9 Å². The second-order valence-corrected chi connectivity index (χ2v) is 6.33. The average molecular weight is 363 g/mol. The van der Waals surface area contributed by atoms with E-state index in [0.29, 0.717) is 11.3 Å². The summed E-state index contributed by atoms with van der Waals surface area (Å²) in [5, 5.41) is 5.20. The molecule has 7 nitrogen and oxygen atoms in total. The van der Waals surface area contributed by atoms with Crippen LogP contribution in [0.4, 0.5) is 0 Å². The molecule has 1 unspecified atom stereocenters. The first-order valence-electron chi connectivity index (χ1n) is 7.83. The van der Waals surface area contributed by atoms with Crippen LogP contribution in [0.15, 0.2) is 34.0 Å². The highest BCUT2D eigenvalue weighted by atomic mass is 32.2. The monoisotopic (exact) mass is 363 g/mol. The third-order valence-corrected chi connectivity index (χ3v) is 4.54. The number of carbonyl (C=O) groups excluding carboxylic acids is 2. The molecule has 1 amide bonds. The quantitative estimate of drug-likeness (QED) is 0.486. The average Bonchev–Trinajstić information content (AvgIpc) is 2.93. The lowest BCUT2D eigenvalue weighted by atomic mass is 9.88. The molecule has 0 aliphatic heterocycles. The predicted molar refractivity (Wildman–Crippen MR) is 95.6 cm³/mol. The molecule has 0 fully saturated rings. The van der Waals surface area contributed by atoms with Crippen molar-refractivity contribution >= 4 is 23.6 Å². The minimum atomic E-state index is -0.534. The van der Waals surface area contributed by atoms with Crippen LogP contribution in [0, 0.1) is 0 Å². The Balaban J connectivity index is 2.43. The van der Waals surface area contributed by atoms with Gasteiger partial charge in [-0.15, -0.1) is 11.8 Å². The van der Waals surface area contributed by atoms with E-state index in [-0.39, 0.29) is 25.0 Å². The van der Waals surface area contributed by atoms with Crippen molar-refractivity contribution in [3.8, 4) is 0 Å². The molecule has 1 aromatic carbocycles. The smallest absolute Gasteiger partial charge is 0.311 e. The van der Waals surface area contributed by atoms with Crippen LogP contribution in [-0.2, 0) is 20.7 Å². The number of H-pyrrole nitrogens is 2. The highest BCUT2D eigenvalue weighted by Crippen LogP contribution is 2.29. The van der Waals surface area contributed by atoms with Gasteiger partial charge in [-0.1, -0.05) is 12.1 Å². The molecule has 134 valence electrons. The molecule has 1 aromatic heterocycles. The summed E-state index contributed by atoms with van der Waals surface area (Å²) in [6.07, 6.45) is 1.85. The number of carbonyl (C=O) groups is 2. The zero-order chi connectivity index (χ0) is 18.4. The molecule has 0 bridgehead atoms. The number of benzene rings is 1. The van der Waals surface area contributed by atoms with Crippen LogP contribution in [0.25, 0.3) is 0 Å². The summed E-state index contributed by atoms with van der Waals surface area (Å²) in [7, 11) is 0. The molecule has 1 heterocycles. The number of nitrogens with two attached hydrogens (primary N) is 1. The molecule has 0 spiro atoms. The van der Waals surface area contributed by atoms with Crippen molar-refractivity contribution in [2.75, 3.05) is 12.9 Å². The third-order valence-electron chi connectivity index (χ3n) is 3.80. The first-order chi connectivity index (χ1) is 12.0. The van der Waals surface area contributed by atoms with Gasteiger partial charge in [-0.25, -0.2) is 0 Å². The third kappa shape index (κ3) is 4.76. The molecule has 25 heavy (non-hydrogen) atoms. The Morgan fingerprint density at radius 1 is 1.24 bits per heavy atom. The fraction of sp³-hybridized carbons (Fsp3) is 0.353. The van der Waals surface area contributed by atoms with E-state index in [1.807, 2.05) is 30.5 Å². The number of aromatic amines is 2. The number of thioether (sulfide) groups is 1. The minimum Gasteiger partial charge on any atom is -0.466 e. The Morgan fingerprint density at radius 2 is 1.92 bits per heavy atom. The van der Waals surface area contributed by atoms with Crippen LogP contribution in [0.3, 0.4) is 0 Å². The van der Waals surface area contributed by atoms with Gasteiger partial charge in [0.2, 0.25) is 5.91 Å². The minimum absolute atomic E-state index is 0.0324. The predicted octanol–water partition coefficient (Wildman–Crippen LogP) is 1.54. The van der Waals surface area contributed by atoms with Crippen LogP contribution >= 0.6 is 11.8 Å². The van der Waals surface area contributed by atoms with E-state index >= 15 is 0 Å². The van der Waals surface area contributed by atoms with E-state index in [1.165, 1.54) is 0 Å². The summed E-state index contributed by atoms with van der Waals surface area (Å²) in [5.41, 5.74) is 6.54. The standard InChI is InChI=1S/C17H21N3O4S/c1-3-24-15(22)9-13-16(17(23)20-19-13)12(8-14(18)21)10-4-6-11(25-2)7-5-10/h4-7,12H,3,8-9H2,1-2H3,(H2,18,21)(H2,19,20,23). The second kappa shape index (κ2) is 8.57. The van der Waals surface area contributed by atoms with Gasteiger partial charge in [0.25, 0.3) is 5.56 Å². The molecule has 1 atom stereocenters. The SMILES string of the molecule is CCOC(=O)Cc1[nH][nH]c(=O)c1C(CC(N)=O)c1ccc(SC)cc1. The van der Waals surface area contributed by atoms with Crippen LogP contribution in [0.5, 0.6) is 0 Å². The van der Waals surface area contributed by atoms with Gasteiger partial charge in [0.15, 0.2) is 0 Å². The largest absolute Gasteiger partial charge is 0.466 e. The normalized spacial score (nSPS) is 11.9. The number of aromatic nitrogens is 2. The van der Waals surface area contributed by atoms with Gasteiger partial charge in [0.1, 0.15) is 0 Å². The number of ether oxygens (including phenoxy) is 1. The van der Waals surface area contributed by atoms with Crippen LogP contribution in [0.2, 0.25) is 0 Å². The number of hydrogen-bond acceptors (Lipinski definition) is 5. The van der Waals surface area contributed by atoms with Crippen molar-refractivity contribution < 1.29 is 14.3 Å². The van der Waals surface area contributed by atoms with E-state index in [4.69, 9.17) is 10.5 Å². The number of hydrogen-bond donors (Lipinski definition) is 3. The van der Waals surface area contributed by atoms with E-state index in [1.54, 1.807) is 18.7 Å². The Bertz CT molecular complexity index is 795. The van der Waals surface area contributed by atoms with Gasteiger partial charge in [-0.2, -0.15) is 0 Å². The maximum absolute atomic E-state index is 12.3. The van der Waals surface area contributed by atoms with Crippen LogP contribution < -0.4 is 11.3 Å². The van der Waals surface area contributed by atoms with Crippen molar-refractivity contribution in [1.82, 2.24) is 10.2 Å². The summed E-state index contributed by atoms with van der Waals surface area (Å²) in [6.45, 7) is 1.96. The molecule has 0 saturated carbocycles. The van der Waals surface area contributed by atoms with Crippen molar-refractivity contribution in [3.63, 3.8) is 0 Å². The fourth-order valence-electron chi connectivity index (χ4n) is 2.69. The number of primary amides is 1. The molecule has 2 rings (SSSR count). The van der Waals surface area contributed by atoms with Gasteiger partial charge in [-0.3, -0.25) is 19.5 Å². The highest BCUT2D eigenvalue weighted by Gasteiger charge is 2.25. The molecule has 2 aromatic rings. The molecule has 0 radical (unpaired) electrons. The van der Waals surface area contributed by atoms with E-state index in [2.05, 4.69) is 10.2 Å². The Labute approximate surface area is 149 Å². The van der Waals surface area contributed by atoms with Gasteiger partial charge >= 0.3 is 5.97 Å². The van der Waals surface area contributed by atoms with Gasteiger partial charge in [0, 0.05) is 22.8 Å². The zero-order valence-corrected chi connectivity index (χ0v) is 14.9. The summed E-state index contributed by atoms with van der Waals surface area (Å²) in [6, 6.07) is 7.56. The summed E-state index contributed by atoms with van der Waals surface area (Å²) < 4.78 is 4.94. The van der Waals surface area contributed by atoms with Gasteiger partial charge < -0.3 is 15.6 Å². The molecule has 8 heteroatoms. The maximum Gasteiger partial charge on any atom is 0.311 e. The summed E-state index contributed by atoms with van der Waals surface area (Å²) in [5.74, 6) is -1.51. The van der Waals surface area contributed by atoms with Crippen molar-refractivity contribution in [2.24, 2.45) is 5.73 Å². The fourth-order valence-corrected chi connectivity index (χ4v) is 3.10. The lowest BCUT2D eigenvalue weighted by Crippen LogP contribution is -2.21. The molecule has 0 aliphatic carbocycles. The number of amides is 1. The first-order valence-corrected chi connectivity index (χ1v) is 9.06. The van der Waals surface area contributed by atoms with Crippen LogP contribution in [-0.4, -0.2) is 34.9 Å². The number of esters is 1. The van der Waals surface area contributed by atoms with Crippen molar-refractivity contribution in [3.05, 3.63) is 51.4 Å². The lowest BCUT2D eigenvalue weighted by molar-refractivity contribution is -0.142. The maximum atomic E-state index is 12.3. The molecular weight excluding hydrogens is 342 g/mol. The van der Waals surface area contributed by atoms with Crippen LogP contribution in [0.1, 0.15) is 36.1 Å². The molecule has 4 N–H and O–H groups in total. The first kappa shape index (κ1) is 18.9. The molecule has 0 saturated heterocycles. The second-order valence-electron chi connectivity index (χ2n) is 5.45. The summed E-state index contributed by atoms with van der Waals surface area (Å²) >= 11 is 1.59. The van der Waals surface area contributed by atoms with Gasteiger partial charge in [0.05, 0.1) is 18.7 Å². The van der Waals surface area contributed by atoms with E-state index in [0.717, 1.165) is 10.5 Å². The van der Waals surface area contributed by atoms with Crippen molar-refractivity contribution in [2.45, 2.75) is 30.6 Å². The van der Waals surface area contributed by atoms with Crippen molar-refractivity contribution in [1.29, 1.82) is 0 Å². The van der Waals surface area contributed by atoms with E-state index < -0.39 is 17.8 Å². The lowest BCUT2D eigenvalue weighted by Gasteiger charge is -2.16. The topological polar surface area (TPSA) is 118 Å². The Kier molecular flexibility index (Phi) is 6.46. The molecule has 0 aliphatic rings. The zero-order valence-electron chi connectivity index (χ0n) is 14.1. The summed E-state index contributed by atoms with van der Waals surface area (Å²) in [4.78, 5) is 36.7.